The number of likely N-dealkylation sites (tertiary alicyclic amines) is 1. The molecular weight excluding hydrogens is 176 g/mol. The van der Waals surface area contributed by atoms with Gasteiger partial charge in [0.05, 0.1) is 5.60 Å². The molecule has 0 radical (unpaired) electrons. The fourth-order valence-corrected chi connectivity index (χ4v) is 2.17. The smallest absolute Gasteiger partial charge is 0.0795 e. The van der Waals surface area contributed by atoms with Crippen LogP contribution in [0.25, 0.3) is 0 Å². The molecule has 1 aliphatic heterocycles. The van der Waals surface area contributed by atoms with E-state index < -0.39 is 5.60 Å². The van der Waals surface area contributed by atoms with Gasteiger partial charge < -0.3 is 15.3 Å². The normalized spacial score (nSPS) is 22.9. The van der Waals surface area contributed by atoms with E-state index in [1.807, 2.05) is 7.05 Å². The molecular formula is C11H24N2O. The van der Waals surface area contributed by atoms with Gasteiger partial charge in [0, 0.05) is 26.2 Å². The van der Waals surface area contributed by atoms with Crippen LogP contribution in [-0.2, 0) is 0 Å². The molecule has 1 aliphatic rings. The molecule has 0 aliphatic carbocycles. The lowest BCUT2D eigenvalue weighted by molar-refractivity contribution is -0.0206. The molecule has 0 aromatic heterocycles. The quantitative estimate of drug-likeness (QED) is 0.701. The van der Waals surface area contributed by atoms with Gasteiger partial charge in [-0.3, -0.25) is 0 Å². The van der Waals surface area contributed by atoms with Gasteiger partial charge in [-0.2, -0.15) is 0 Å². The van der Waals surface area contributed by atoms with Crippen LogP contribution < -0.4 is 5.32 Å². The average molecular weight is 200 g/mol. The van der Waals surface area contributed by atoms with Crippen molar-refractivity contribution in [3.63, 3.8) is 0 Å². The Labute approximate surface area is 87.5 Å². The van der Waals surface area contributed by atoms with E-state index in [1.165, 1.54) is 0 Å². The Kier molecular flexibility index (Phi) is 4.35. The summed E-state index contributed by atoms with van der Waals surface area (Å²) in [4.78, 5) is 2.45. The third-order valence-electron chi connectivity index (χ3n) is 2.92. The molecule has 3 heteroatoms. The summed E-state index contributed by atoms with van der Waals surface area (Å²) in [5.41, 5.74) is -0.456. The van der Waals surface area contributed by atoms with Gasteiger partial charge in [-0.05, 0) is 25.8 Å². The first-order valence-corrected chi connectivity index (χ1v) is 5.65. The minimum absolute atomic E-state index is 0.456. The first-order chi connectivity index (χ1) is 6.56. The summed E-state index contributed by atoms with van der Waals surface area (Å²) in [6, 6.07) is 0. The zero-order valence-corrected chi connectivity index (χ0v) is 9.71. The highest BCUT2D eigenvalue weighted by Gasteiger charge is 2.31. The van der Waals surface area contributed by atoms with Crippen LogP contribution >= 0.6 is 0 Å². The molecule has 0 aromatic rings. The molecule has 1 rings (SSSR count). The number of likely N-dealkylation sites (N-methyl/N-ethyl adjacent to an activating group) is 1. The van der Waals surface area contributed by atoms with Crippen LogP contribution in [0.15, 0.2) is 0 Å². The van der Waals surface area contributed by atoms with Crippen LogP contribution in [0.1, 0.15) is 26.7 Å². The predicted octanol–water partition coefficient (Wildman–Crippen LogP) is 0.689. The Hall–Kier alpha value is -0.120. The Morgan fingerprint density at radius 3 is 2.36 bits per heavy atom. The summed E-state index contributed by atoms with van der Waals surface area (Å²) in [5.74, 6) is 0.727. The van der Waals surface area contributed by atoms with E-state index in [2.05, 4.69) is 24.1 Å². The van der Waals surface area contributed by atoms with Crippen molar-refractivity contribution in [3.05, 3.63) is 0 Å². The molecule has 84 valence electrons. The Bertz CT molecular complexity index is 163. The van der Waals surface area contributed by atoms with Gasteiger partial charge in [-0.15, -0.1) is 0 Å². The molecule has 1 saturated heterocycles. The zero-order valence-electron chi connectivity index (χ0n) is 9.71. The molecule has 0 atom stereocenters. The summed E-state index contributed by atoms with van der Waals surface area (Å²) in [7, 11) is 1.90. The first kappa shape index (κ1) is 12.0. The number of rotatable bonds is 4. The van der Waals surface area contributed by atoms with Gasteiger partial charge >= 0.3 is 0 Å². The zero-order chi connectivity index (χ0) is 10.6. The van der Waals surface area contributed by atoms with Crippen molar-refractivity contribution >= 4 is 0 Å². The number of piperidine rings is 1. The summed E-state index contributed by atoms with van der Waals surface area (Å²) in [6.45, 7) is 8.45. The molecule has 0 amide bonds. The van der Waals surface area contributed by atoms with E-state index in [9.17, 15) is 5.11 Å². The van der Waals surface area contributed by atoms with Crippen molar-refractivity contribution in [3.8, 4) is 0 Å². The molecule has 0 aromatic carbocycles. The van der Waals surface area contributed by atoms with Crippen molar-refractivity contribution in [2.75, 3.05) is 33.2 Å². The van der Waals surface area contributed by atoms with Crippen LogP contribution in [0, 0.1) is 5.92 Å². The molecule has 1 heterocycles. The first-order valence-electron chi connectivity index (χ1n) is 5.65. The van der Waals surface area contributed by atoms with E-state index in [4.69, 9.17) is 0 Å². The molecule has 0 saturated carbocycles. The van der Waals surface area contributed by atoms with E-state index in [1.54, 1.807) is 0 Å². The summed E-state index contributed by atoms with van der Waals surface area (Å²) >= 11 is 0. The second kappa shape index (κ2) is 5.10. The standard InChI is InChI=1S/C11H24N2O/c1-10(2)8-13-6-4-11(14,5-7-13)9-12-3/h10,12,14H,4-9H2,1-3H3. The van der Waals surface area contributed by atoms with E-state index in [0.717, 1.165) is 44.9 Å². The van der Waals surface area contributed by atoms with Crippen LogP contribution in [0.4, 0.5) is 0 Å². The monoisotopic (exact) mass is 200 g/mol. The third kappa shape index (κ3) is 3.56. The summed E-state index contributed by atoms with van der Waals surface area (Å²) in [6.07, 6.45) is 1.81. The lowest BCUT2D eigenvalue weighted by Gasteiger charge is -2.38. The molecule has 3 nitrogen and oxygen atoms in total. The van der Waals surface area contributed by atoms with E-state index >= 15 is 0 Å². The minimum atomic E-state index is -0.456. The van der Waals surface area contributed by atoms with E-state index in [-0.39, 0.29) is 0 Å². The maximum Gasteiger partial charge on any atom is 0.0795 e. The van der Waals surface area contributed by atoms with Crippen molar-refractivity contribution < 1.29 is 5.11 Å². The molecule has 0 unspecified atom stereocenters. The summed E-state index contributed by atoms with van der Waals surface area (Å²) < 4.78 is 0. The Balaban J connectivity index is 2.30. The van der Waals surface area contributed by atoms with Crippen molar-refractivity contribution in [1.29, 1.82) is 0 Å². The maximum absolute atomic E-state index is 10.1. The fraction of sp³-hybridized carbons (Fsp3) is 1.00. The van der Waals surface area contributed by atoms with Crippen molar-refractivity contribution in [2.24, 2.45) is 5.92 Å². The predicted molar refractivity (Wildman–Crippen MR) is 59.4 cm³/mol. The number of nitrogens with zero attached hydrogens (tertiary/aromatic N) is 1. The largest absolute Gasteiger partial charge is 0.388 e. The number of aliphatic hydroxyl groups is 1. The van der Waals surface area contributed by atoms with Crippen molar-refractivity contribution in [1.82, 2.24) is 10.2 Å². The van der Waals surface area contributed by atoms with Gasteiger partial charge in [0.25, 0.3) is 0 Å². The number of hydrogen-bond acceptors (Lipinski definition) is 3. The number of hydrogen-bond donors (Lipinski definition) is 2. The Morgan fingerprint density at radius 2 is 1.93 bits per heavy atom. The lowest BCUT2D eigenvalue weighted by atomic mass is 9.91. The Morgan fingerprint density at radius 1 is 1.36 bits per heavy atom. The average Bonchev–Trinajstić information content (AvgIpc) is 2.09. The molecule has 14 heavy (non-hydrogen) atoms. The molecule has 1 fully saturated rings. The lowest BCUT2D eigenvalue weighted by Crippen LogP contribution is -2.49. The van der Waals surface area contributed by atoms with Gasteiger partial charge in [-0.25, -0.2) is 0 Å². The molecule has 2 N–H and O–H groups in total. The van der Waals surface area contributed by atoms with Gasteiger partial charge in [-0.1, -0.05) is 13.8 Å². The molecule has 0 spiro atoms. The van der Waals surface area contributed by atoms with Crippen molar-refractivity contribution in [2.45, 2.75) is 32.3 Å². The van der Waals surface area contributed by atoms with Gasteiger partial charge in [0.2, 0.25) is 0 Å². The van der Waals surface area contributed by atoms with Crippen LogP contribution in [0.5, 0.6) is 0 Å². The third-order valence-corrected chi connectivity index (χ3v) is 2.92. The number of nitrogens with one attached hydrogen (secondary N) is 1. The highest BCUT2D eigenvalue weighted by Crippen LogP contribution is 2.21. The second-order valence-corrected chi connectivity index (χ2v) is 4.95. The van der Waals surface area contributed by atoms with E-state index in [0.29, 0.717) is 0 Å². The summed E-state index contributed by atoms with van der Waals surface area (Å²) in [5, 5.41) is 13.2. The highest BCUT2D eigenvalue weighted by atomic mass is 16.3. The topological polar surface area (TPSA) is 35.5 Å². The minimum Gasteiger partial charge on any atom is -0.388 e. The van der Waals surface area contributed by atoms with Crippen LogP contribution in [-0.4, -0.2) is 48.8 Å². The van der Waals surface area contributed by atoms with Gasteiger partial charge in [0.15, 0.2) is 0 Å². The highest BCUT2D eigenvalue weighted by molar-refractivity contribution is 4.87. The fourth-order valence-electron chi connectivity index (χ4n) is 2.17. The second-order valence-electron chi connectivity index (χ2n) is 4.95. The van der Waals surface area contributed by atoms with Gasteiger partial charge in [0.1, 0.15) is 0 Å². The SMILES string of the molecule is CNCC1(O)CCN(CC(C)C)CC1. The van der Waals surface area contributed by atoms with Crippen LogP contribution in [0.2, 0.25) is 0 Å². The maximum atomic E-state index is 10.1. The molecule has 0 bridgehead atoms. The van der Waals surface area contributed by atoms with Crippen LogP contribution in [0.3, 0.4) is 0 Å².